The summed E-state index contributed by atoms with van der Waals surface area (Å²) in [6.07, 6.45) is 1.88. The third-order valence-corrected chi connectivity index (χ3v) is 6.47. The second-order valence-electron chi connectivity index (χ2n) is 9.53. The number of nitrogens with one attached hydrogen (secondary N) is 1. The molecule has 9 nitrogen and oxygen atoms in total. The van der Waals surface area contributed by atoms with E-state index in [0.717, 1.165) is 22.6 Å². The number of carbonyl (C=O) groups is 2. The first-order valence-electron chi connectivity index (χ1n) is 12.6. The molecule has 1 aliphatic rings. The molecule has 0 fully saturated rings. The predicted octanol–water partition coefficient (Wildman–Crippen LogP) is 5.07. The van der Waals surface area contributed by atoms with E-state index in [1.807, 2.05) is 80.1 Å². The molecule has 2 heterocycles. The van der Waals surface area contributed by atoms with Gasteiger partial charge in [-0.1, -0.05) is 17.7 Å². The Balaban J connectivity index is 1.40. The molecule has 1 aliphatic heterocycles. The van der Waals surface area contributed by atoms with Gasteiger partial charge in [-0.05, 0) is 75.4 Å². The fraction of sp³-hybridized carbons (Fsp3) is 0.233. The molecule has 3 aromatic carbocycles. The number of ether oxygens (including phenoxy) is 3. The Bertz CT molecular complexity index is 1490. The molecule has 0 radical (unpaired) electrons. The Morgan fingerprint density at radius 2 is 1.74 bits per heavy atom. The van der Waals surface area contributed by atoms with E-state index in [4.69, 9.17) is 19.2 Å². The molecule has 39 heavy (non-hydrogen) atoms. The van der Waals surface area contributed by atoms with Crippen molar-refractivity contribution >= 4 is 17.8 Å². The smallest absolute Gasteiger partial charge is 0.254 e. The lowest BCUT2D eigenvalue weighted by Gasteiger charge is -2.26. The molecule has 0 aliphatic carbocycles. The molecule has 1 N–H and O–H groups in total. The fourth-order valence-electron chi connectivity index (χ4n) is 4.27. The normalized spacial score (nSPS) is 11.9. The van der Waals surface area contributed by atoms with Gasteiger partial charge in [-0.25, -0.2) is 4.98 Å². The lowest BCUT2D eigenvalue weighted by molar-refractivity contribution is -0.117. The monoisotopic (exact) mass is 526 g/mol. The Morgan fingerprint density at radius 1 is 1.03 bits per heavy atom. The first kappa shape index (κ1) is 25.8. The quantitative estimate of drug-likeness (QED) is 0.344. The summed E-state index contributed by atoms with van der Waals surface area (Å²) in [6.45, 7) is 5.72. The second kappa shape index (κ2) is 10.9. The van der Waals surface area contributed by atoms with Gasteiger partial charge in [0, 0.05) is 29.1 Å². The zero-order valence-corrected chi connectivity index (χ0v) is 22.3. The number of hydrogen-bond acceptors (Lipinski definition) is 6. The Kier molecular flexibility index (Phi) is 7.23. The van der Waals surface area contributed by atoms with E-state index >= 15 is 0 Å². The molecule has 0 spiro atoms. The Labute approximate surface area is 226 Å². The standard InChI is InChI=1S/C30H30N4O5/c1-19(2)33(29(36)22-9-14-26-27(15-22)39-18-38-26)17-28(35)32-30-31-25(21-7-12-24(37-4)13-8-21)16-34(30)23-10-5-20(3)6-11-23/h5-16,19H,17-18H2,1-4H3,(H,31,32,35). The van der Waals surface area contributed by atoms with Crippen LogP contribution in [-0.2, 0) is 4.79 Å². The summed E-state index contributed by atoms with van der Waals surface area (Å²) in [6, 6.07) is 20.3. The van der Waals surface area contributed by atoms with Gasteiger partial charge in [0.2, 0.25) is 18.6 Å². The molecular formula is C30H30N4O5. The van der Waals surface area contributed by atoms with Crippen LogP contribution >= 0.6 is 0 Å². The van der Waals surface area contributed by atoms with Crippen molar-refractivity contribution in [3.8, 4) is 34.2 Å². The number of methoxy groups -OCH3 is 1. The minimum Gasteiger partial charge on any atom is -0.497 e. The molecule has 0 saturated heterocycles. The van der Waals surface area contributed by atoms with E-state index in [1.165, 1.54) is 4.90 Å². The number of imidazole rings is 1. The van der Waals surface area contributed by atoms with E-state index in [9.17, 15) is 9.59 Å². The Morgan fingerprint density at radius 3 is 2.44 bits per heavy atom. The lowest BCUT2D eigenvalue weighted by atomic mass is 10.1. The van der Waals surface area contributed by atoms with Gasteiger partial charge in [-0.3, -0.25) is 19.5 Å². The van der Waals surface area contributed by atoms with Gasteiger partial charge >= 0.3 is 0 Å². The maximum absolute atomic E-state index is 13.4. The molecule has 0 saturated carbocycles. The first-order valence-corrected chi connectivity index (χ1v) is 12.6. The average Bonchev–Trinajstić information content (AvgIpc) is 3.58. The minimum absolute atomic E-state index is 0.120. The molecule has 0 atom stereocenters. The third kappa shape index (κ3) is 5.57. The van der Waals surface area contributed by atoms with Crippen LogP contribution in [0.4, 0.5) is 5.95 Å². The van der Waals surface area contributed by atoms with Crippen LogP contribution in [0.3, 0.4) is 0 Å². The molecule has 1 aromatic heterocycles. The number of rotatable bonds is 8. The van der Waals surface area contributed by atoms with Gasteiger partial charge in [-0.2, -0.15) is 0 Å². The zero-order chi connectivity index (χ0) is 27.5. The molecule has 2 amide bonds. The van der Waals surface area contributed by atoms with Gasteiger partial charge in [-0.15, -0.1) is 0 Å². The highest BCUT2D eigenvalue weighted by molar-refractivity contribution is 5.99. The van der Waals surface area contributed by atoms with Crippen molar-refractivity contribution in [2.24, 2.45) is 0 Å². The number of amides is 2. The maximum Gasteiger partial charge on any atom is 0.254 e. The lowest BCUT2D eigenvalue weighted by Crippen LogP contribution is -2.42. The SMILES string of the molecule is COc1ccc(-c2cn(-c3ccc(C)cc3)c(NC(=O)CN(C(=O)c3ccc4c(c3)OCO4)C(C)C)n2)cc1. The molecule has 4 aromatic rings. The van der Waals surface area contributed by atoms with Crippen LogP contribution in [0, 0.1) is 6.92 Å². The van der Waals surface area contributed by atoms with Gasteiger partial charge in [0.1, 0.15) is 12.3 Å². The maximum atomic E-state index is 13.4. The first-order chi connectivity index (χ1) is 18.8. The topological polar surface area (TPSA) is 94.9 Å². The summed E-state index contributed by atoms with van der Waals surface area (Å²) >= 11 is 0. The number of hydrogen-bond donors (Lipinski definition) is 1. The number of benzene rings is 3. The highest BCUT2D eigenvalue weighted by atomic mass is 16.7. The molecular weight excluding hydrogens is 496 g/mol. The van der Waals surface area contributed by atoms with Gasteiger partial charge in [0.25, 0.3) is 5.91 Å². The number of aryl methyl sites for hydroxylation is 1. The fourth-order valence-corrected chi connectivity index (χ4v) is 4.27. The largest absolute Gasteiger partial charge is 0.497 e. The van der Waals surface area contributed by atoms with E-state index in [0.29, 0.717) is 28.7 Å². The van der Waals surface area contributed by atoms with E-state index in [-0.39, 0.29) is 31.2 Å². The van der Waals surface area contributed by atoms with Crippen molar-refractivity contribution in [3.63, 3.8) is 0 Å². The molecule has 0 bridgehead atoms. The summed E-state index contributed by atoms with van der Waals surface area (Å²) in [7, 11) is 1.62. The van der Waals surface area contributed by atoms with Crippen molar-refractivity contribution in [1.29, 1.82) is 0 Å². The van der Waals surface area contributed by atoms with Crippen molar-refractivity contribution in [1.82, 2.24) is 14.5 Å². The zero-order valence-electron chi connectivity index (χ0n) is 22.3. The number of anilines is 1. The van der Waals surface area contributed by atoms with Crippen LogP contribution in [-0.4, -0.2) is 52.8 Å². The summed E-state index contributed by atoms with van der Waals surface area (Å²) in [4.78, 5) is 32.9. The van der Waals surface area contributed by atoms with Crippen LogP contribution < -0.4 is 19.5 Å². The summed E-state index contributed by atoms with van der Waals surface area (Å²) in [5.41, 5.74) is 3.95. The van der Waals surface area contributed by atoms with E-state index in [1.54, 1.807) is 25.3 Å². The summed E-state index contributed by atoms with van der Waals surface area (Å²) in [5.74, 6) is 1.56. The van der Waals surface area contributed by atoms with E-state index < -0.39 is 0 Å². The van der Waals surface area contributed by atoms with Gasteiger partial charge in [0.15, 0.2) is 11.5 Å². The van der Waals surface area contributed by atoms with Crippen LogP contribution in [0.25, 0.3) is 16.9 Å². The van der Waals surface area contributed by atoms with E-state index in [2.05, 4.69) is 5.32 Å². The van der Waals surface area contributed by atoms with Gasteiger partial charge in [0.05, 0.1) is 12.8 Å². The summed E-state index contributed by atoms with van der Waals surface area (Å²) < 4.78 is 17.9. The van der Waals surface area contributed by atoms with Crippen LogP contribution in [0.15, 0.2) is 72.9 Å². The minimum atomic E-state index is -0.363. The number of aromatic nitrogens is 2. The number of carbonyl (C=O) groups excluding carboxylic acids is 2. The van der Waals surface area contributed by atoms with Crippen LogP contribution in [0.2, 0.25) is 0 Å². The molecule has 9 heteroatoms. The highest BCUT2D eigenvalue weighted by Crippen LogP contribution is 2.33. The average molecular weight is 527 g/mol. The van der Waals surface area contributed by atoms with Crippen molar-refractivity contribution in [3.05, 3.63) is 84.1 Å². The van der Waals surface area contributed by atoms with Crippen molar-refractivity contribution in [2.45, 2.75) is 26.8 Å². The second-order valence-corrected chi connectivity index (χ2v) is 9.53. The number of fused-ring (bicyclic) bond motifs is 1. The predicted molar refractivity (Wildman–Crippen MR) is 148 cm³/mol. The Hall–Kier alpha value is -4.79. The summed E-state index contributed by atoms with van der Waals surface area (Å²) in [5, 5.41) is 2.92. The number of nitrogens with zero attached hydrogens (tertiary/aromatic N) is 3. The molecule has 0 unspecified atom stereocenters. The van der Waals surface area contributed by atoms with Gasteiger partial charge < -0.3 is 19.1 Å². The highest BCUT2D eigenvalue weighted by Gasteiger charge is 2.25. The molecule has 200 valence electrons. The third-order valence-electron chi connectivity index (χ3n) is 6.47. The molecule has 5 rings (SSSR count). The van der Waals surface area contributed by atoms with Crippen LogP contribution in [0.1, 0.15) is 29.8 Å². The van der Waals surface area contributed by atoms with Crippen LogP contribution in [0.5, 0.6) is 17.2 Å². The van der Waals surface area contributed by atoms with Crippen molar-refractivity contribution < 1.29 is 23.8 Å². The van der Waals surface area contributed by atoms with Crippen molar-refractivity contribution in [2.75, 3.05) is 25.8 Å².